The maximum atomic E-state index is 14.7. The lowest BCUT2D eigenvalue weighted by Gasteiger charge is -2.31. The maximum Gasteiger partial charge on any atom is 0.371 e. The van der Waals surface area contributed by atoms with Crippen molar-refractivity contribution in [3.8, 4) is 22.3 Å². The Balaban J connectivity index is 1.64. The topological polar surface area (TPSA) is 52.6 Å². The molecule has 6 rings (SSSR count). The van der Waals surface area contributed by atoms with Crippen molar-refractivity contribution in [2.45, 2.75) is 40.5 Å². The van der Waals surface area contributed by atoms with E-state index in [1.807, 2.05) is 76.2 Å². The molecule has 2 aliphatic rings. The lowest BCUT2D eigenvalue weighted by Crippen LogP contribution is -2.72. The number of carbonyl (C=O) groups excluding carboxylic acids is 2. The summed E-state index contributed by atoms with van der Waals surface area (Å²) in [7, 11) is -4.00. The summed E-state index contributed by atoms with van der Waals surface area (Å²) in [5.74, 6) is 0.266. The molecule has 4 nitrogen and oxygen atoms in total. The Labute approximate surface area is 243 Å². The molecule has 0 heterocycles. The third-order valence-electron chi connectivity index (χ3n) is 8.22. The molecule has 0 saturated heterocycles. The molecule has 4 aromatic carbocycles. The number of hydrogen-bond acceptors (Lipinski definition) is 4. The van der Waals surface area contributed by atoms with Crippen LogP contribution in [0.2, 0.25) is 0 Å². The first-order valence-electron chi connectivity index (χ1n) is 14.6. The minimum absolute atomic E-state index is 0.133. The first-order chi connectivity index (χ1) is 19.8. The SMILES string of the molecule is CC(C)COC(=O)[Si](C(=O)OCC(C)C)(c1cccc2c1Cc1ccccc1-2)c1cccc2c1Cc1ccccc1-2. The van der Waals surface area contributed by atoms with Crippen LogP contribution in [0, 0.1) is 11.8 Å². The normalized spacial score (nSPS) is 13.0. The molecular weight excluding hydrogens is 524 g/mol. The van der Waals surface area contributed by atoms with Crippen LogP contribution in [0.15, 0.2) is 84.9 Å². The van der Waals surface area contributed by atoms with E-state index >= 15 is 0 Å². The number of ether oxygens (including phenoxy) is 2. The van der Waals surface area contributed by atoms with Crippen LogP contribution in [0.5, 0.6) is 0 Å². The molecule has 0 atom stereocenters. The Kier molecular flexibility index (Phi) is 7.16. The van der Waals surface area contributed by atoms with Gasteiger partial charge in [-0.3, -0.25) is 9.59 Å². The molecule has 0 aliphatic heterocycles. The van der Waals surface area contributed by atoms with Gasteiger partial charge in [0.1, 0.15) is 0 Å². The third-order valence-corrected chi connectivity index (χ3v) is 12.3. The zero-order chi connectivity index (χ0) is 28.7. The monoisotopic (exact) mass is 560 g/mol. The van der Waals surface area contributed by atoms with Gasteiger partial charge in [0.2, 0.25) is 0 Å². The van der Waals surface area contributed by atoms with Gasteiger partial charge < -0.3 is 9.47 Å². The van der Waals surface area contributed by atoms with E-state index in [-0.39, 0.29) is 25.0 Å². The number of hydrogen-bond donors (Lipinski definition) is 0. The number of carbonyl (C=O) groups is 2. The highest BCUT2D eigenvalue weighted by atomic mass is 28.3. The predicted octanol–water partition coefficient (Wildman–Crippen LogP) is 7.14. The Morgan fingerprint density at radius 3 is 1.39 bits per heavy atom. The van der Waals surface area contributed by atoms with Gasteiger partial charge in [-0.2, -0.15) is 0 Å². The third kappa shape index (κ3) is 4.53. The van der Waals surface area contributed by atoms with Crippen molar-refractivity contribution < 1.29 is 19.1 Å². The van der Waals surface area contributed by atoms with E-state index in [0.29, 0.717) is 12.8 Å². The van der Waals surface area contributed by atoms with Crippen molar-refractivity contribution in [2.24, 2.45) is 11.8 Å². The van der Waals surface area contributed by atoms with Gasteiger partial charge >= 0.3 is 8.07 Å². The van der Waals surface area contributed by atoms with Gasteiger partial charge in [-0.1, -0.05) is 113 Å². The summed E-state index contributed by atoms with van der Waals surface area (Å²) in [5.41, 5.74) is 8.09. The van der Waals surface area contributed by atoms with Gasteiger partial charge in [0.25, 0.3) is 11.2 Å². The first kappa shape index (κ1) is 27.2. The minimum atomic E-state index is -4.00. The molecule has 2 aliphatic carbocycles. The van der Waals surface area contributed by atoms with Crippen LogP contribution >= 0.6 is 0 Å². The number of benzene rings is 4. The van der Waals surface area contributed by atoms with Crippen LogP contribution in [0.25, 0.3) is 22.3 Å². The molecule has 0 radical (unpaired) electrons. The standard InChI is InChI=1S/C36H36O4Si/c1-23(2)21-39-35(37)41(36(38)40-22-24(3)4,33-17-9-15-29-27-13-7-5-11-25(27)19-31(29)33)34-18-10-16-30-28-14-8-6-12-26(28)20-32(30)34/h5-18,23-24H,19-22H2,1-4H3. The largest absolute Gasteiger partial charge is 0.469 e. The van der Waals surface area contributed by atoms with E-state index in [1.165, 1.54) is 11.1 Å². The quantitative estimate of drug-likeness (QED) is 0.186. The lowest BCUT2D eigenvalue weighted by molar-refractivity contribution is 0.147. The van der Waals surface area contributed by atoms with Gasteiger partial charge in [0.15, 0.2) is 0 Å². The second-order valence-electron chi connectivity index (χ2n) is 12.1. The second-order valence-corrected chi connectivity index (χ2v) is 15.5. The van der Waals surface area contributed by atoms with Gasteiger partial charge in [-0.25, -0.2) is 0 Å². The summed E-state index contributed by atoms with van der Waals surface area (Å²) in [5, 5.41) is 1.58. The van der Waals surface area contributed by atoms with E-state index in [9.17, 15) is 9.59 Å². The summed E-state index contributed by atoms with van der Waals surface area (Å²) in [4.78, 5) is 29.5. The number of fused-ring (bicyclic) bond motifs is 6. The Bertz CT molecular complexity index is 1530. The van der Waals surface area contributed by atoms with Crippen molar-refractivity contribution in [1.29, 1.82) is 0 Å². The van der Waals surface area contributed by atoms with Gasteiger partial charge in [-0.15, -0.1) is 0 Å². The van der Waals surface area contributed by atoms with Crippen LogP contribution in [0.4, 0.5) is 9.59 Å². The minimum Gasteiger partial charge on any atom is -0.469 e. The van der Waals surface area contributed by atoms with Crippen LogP contribution in [0.1, 0.15) is 49.9 Å². The number of rotatable bonds is 8. The smallest absolute Gasteiger partial charge is 0.371 e. The highest BCUT2D eigenvalue weighted by molar-refractivity contribution is 7.37. The van der Waals surface area contributed by atoms with Gasteiger partial charge in [0.05, 0.1) is 13.2 Å². The molecule has 0 unspecified atom stereocenters. The second kappa shape index (κ2) is 10.8. The van der Waals surface area contributed by atoms with Gasteiger partial charge in [0, 0.05) is 0 Å². The van der Waals surface area contributed by atoms with E-state index in [1.54, 1.807) is 0 Å². The molecule has 0 spiro atoms. The average molecular weight is 561 g/mol. The fraction of sp³-hybridized carbons (Fsp3) is 0.278. The zero-order valence-corrected chi connectivity index (χ0v) is 25.2. The van der Waals surface area contributed by atoms with Crippen molar-refractivity contribution in [2.75, 3.05) is 13.2 Å². The fourth-order valence-corrected chi connectivity index (χ4v) is 10.4. The van der Waals surface area contributed by atoms with Crippen molar-refractivity contribution in [3.63, 3.8) is 0 Å². The molecule has 0 saturated carbocycles. The molecule has 0 amide bonds. The van der Waals surface area contributed by atoms with Gasteiger partial charge in [-0.05, 0) is 79.6 Å². The predicted molar refractivity (Wildman–Crippen MR) is 167 cm³/mol. The molecule has 0 fully saturated rings. The van der Waals surface area contributed by atoms with Crippen molar-refractivity contribution >= 4 is 29.6 Å². The summed E-state index contributed by atoms with van der Waals surface area (Å²) in [6.07, 6.45) is 1.33. The van der Waals surface area contributed by atoms with E-state index in [2.05, 4.69) is 36.4 Å². The molecule has 0 N–H and O–H groups in total. The molecular formula is C36H36O4Si. The summed E-state index contributed by atoms with van der Waals surface area (Å²) < 4.78 is 12.2. The summed E-state index contributed by atoms with van der Waals surface area (Å²) in [6, 6.07) is 28.9. The van der Waals surface area contributed by atoms with E-state index in [4.69, 9.17) is 9.47 Å². The fourth-order valence-electron chi connectivity index (χ4n) is 6.39. The highest BCUT2D eigenvalue weighted by Crippen LogP contribution is 2.39. The van der Waals surface area contributed by atoms with Crippen LogP contribution in [0.3, 0.4) is 0 Å². The zero-order valence-electron chi connectivity index (χ0n) is 24.2. The molecule has 4 aromatic rings. The first-order valence-corrected chi connectivity index (χ1v) is 16.6. The van der Waals surface area contributed by atoms with E-state index < -0.39 is 19.3 Å². The van der Waals surface area contributed by atoms with E-state index in [0.717, 1.165) is 43.8 Å². The lowest BCUT2D eigenvalue weighted by atomic mass is 10.1. The Morgan fingerprint density at radius 2 is 0.976 bits per heavy atom. The van der Waals surface area contributed by atoms with Crippen LogP contribution in [-0.4, -0.2) is 32.5 Å². The highest BCUT2D eigenvalue weighted by Gasteiger charge is 2.59. The Morgan fingerprint density at radius 1 is 0.585 bits per heavy atom. The van der Waals surface area contributed by atoms with Crippen molar-refractivity contribution in [3.05, 3.63) is 107 Å². The summed E-state index contributed by atoms with van der Waals surface area (Å²) in [6.45, 7) is 8.55. The molecule has 5 heteroatoms. The molecule has 0 aromatic heterocycles. The van der Waals surface area contributed by atoms with Crippen LogP contribution < -0.4 is 10.4 Å². The van der Waals surface area contributed by atoms with Crippen LogP contribution in [-0.2, 0) is 22.3 Å². The maximum absolute atomic E-state index is 14.7. The van der Waals surface area contributed by atoms with Crippen molar-refractivity contribution in [1.82, 2.24) is 0 Å². The summed E-state index contributed by atoms with van der Waals surface area (Å²) >= 11 is 0. The molecule has 41 heavy (non-hydrogen) atoms. The average Bonchev–Trinajstić information content (AvgIpc) is 3.54. The Hall–Kier alpha value is -3.96. The molecule has 208 valence electrons. The molecule has 0 bridgehead atoms.